The minimum Gasteiger partial charge on any atom is -0.393 e. The number of rotatable bonds is 0. The van der Waals surface area contributed by atoms with Gasteiger partial charge in [-0.05, 0) is 18.3 Å². The average molecular weight is 168 g/mol. The molecule has 0 bridgehead atoms. The van der Waals surface area contributed by atoms with E-state index in [4.69, 9.17) is 0 Å². The van der Waals surface area contributed by atoms with Crippen LogP contribution in [0.1, 0.15) is 26.7 Å². The average Bonchev–Trinajstić information content (AvgIpc) is 2.59. The Morgan fingerprint density at radius 1 is 1.33 bits per heavy atom. The first-order chi connectivity index (χ1) is 5.57. The molecular weight excluding hydrogens is 156 g/mol. The largest absolute Gasteiger partial charge is 0.393 e. The van der Waals surface area contributed by atoms with Gasteiger partial charge in [-0.15, -0.1) is 0 Å². The van der Waals surface area contributed by atoms with Crippen LogP contribution in [-0.2, 0) is 14.3 Å². The van der Waals surface area contributed by atoms with E-state index in [0.29, 0.717) is 12.3 Å². The highest BCUT2D eigenvalue weighted by Gasteiger charge is 2.64. The molecule has 1 spiro atoms. The summed E-state index contributed by atoms with van der Waals surface area (Å²) in [5.41, 5.74) is -0.298. The van der Waals surface area contributed by atoms with Crippen LogP contribution in [0.2, 0.25) is 0 Å². The number of esters is 2. The van der Waals surface area contributed by atoms with Crippen LogP contribution in [0.15, 0.2) is 0 Å². The smallest absolute Gasteiger partial charge is 0.320 e. The molecule has 1 saturated carbocycles. The summed E-state index contributed by atoms with van der Waals surface area (Å²) in [6.07, 6.45) is 1.29. The van der Waals surface area contributed by atoms with E-state index >= 15 is 0 Å². The second-order valence-corrected chi connectivity index (χ2v) is 4.01. The van der Waals surface area contributed by atoms with E-state index in [0.717, 1.165) is 6.42 Å². The fraction of sp³-hybridized carbons (Fsp3) is 0.778. The van der Waals surface area contributed by atoms with Crippen molar-refractivity contribution in [2.24, 2.45) is 17.3 Å². The summed E-state index contributed by atoms with van der Waals surface area (Å²) in [4.78, 5) is 22.2. The lowest BCUT2D eigenvalue weighted by molar-refractivity contribution is -0.172. The normalized spacial score (nSPS) is 46.2. The van der Waals surface area contributed by atoms with E-state index in [2.05, 4.69) is 4.74 Å². The van der Waals surface area contributed by atoms with Gasteiger partial charge in [0.2, 0.25) is 0 Å². The van der Waals surface area contributed by atoms with Crippen LogP contribution in [-0.4, -0.2) is 11.9 Å². The van der Waals surface area contributed by atoms with Gasteiger partial charge in [0.25, 0.3) is 0 Å². The van der Waals surface area contributed by atoms with E-state index in [-0.39, 0.29) is 23.3 Å². The standard InChI is InChI=1S/C9H12O3/c1-5-3-7(10)12-8(11)9(5)4-6(9)2/h5-6H,3-4H2,1-2H3. The molecule has 2 rings (SSSR count). The molecule has 3 heteroatoms. The van der Waals surface area contributed by atoms with Crippen LogP contribution in [0, 0.1) is 17.3 Å². The molecule has 0 N–H and O–H groups in total. The molecule has 3 unspecified atom stereocenters. The van der Waals surface area contributed by atoms with E-state index < -0.39 is 0 Å². The van der Waals surface area contributed by atoms with Crippen molar-refractivity contribution in [1.82, 2.24) is 0 Å². The van der Waals surface area contributed by atoms with E-state index in [9.17, 15) is 9.59 Å². The lowest BCUT2D eigenvalue weighted by Gasteiger charge is -2.26. The Morgan fingerprint density at radius 3 is 2.33 bits per heavy atom. The fourth-order valence-corrected chi connectivity index (χ4v) is 2.29. The Bertz CT molecular complexity index is 258. The molecule has 0 radical (unpaired) electrons. The number of ether oxygens (including phenoxy) is 1. The molecule has 3 nitrogen and oxygen atoms in total. The number of cyclic esters (lactones) is 2. The van der Waals surface area contributed by atoms with Gasteiger partial charge >= 0.3 is 11.9 Å². The zero-order valence-electron chi connectivity index (χ0n) is 7.29. The summed E-state index contributed by atoms with van der Waals surface area (Å²) in [5.74, 6) is -0.0923. The van der Waals surface area contributed by atoms with Gasteiger partial charge < -0.3 is 4.74 Å². The van der Waals surface area contributed by atoms with Crippen molar-refractivity contribution in [3.8, 4) is 0 Å². The molecule has 66 valence electrons. The van der Waals surface area contributed by atoms with Gasteiger partial charge in [-0.3, -0.25) is 9.59 Å². The van der Waals surface area contributed by atoms with Gasteiger partial charge in [0.15, 0.2) is 0 Å². The van der Waals surface area contributed by atoms with Crippen molar-refractivity contribution in [3.63, 3.8) is 0 Å². The van der Waals surface area contributed by atoms with Crippen molar-refractivity contribution in [2.45, 2.75) is 26.7 Å². The van der Waals surface area contributed by atoms with Crippen molar-refractivity contribution in [2.75, 3.05) is 0 Å². The van der Waals surface area contributed by atoms with Crippen LogP contribution in [0.4, 0.5) is 0 Å². The zero-order chi connectivity index (χ0) is 8.93. The molecule has 0 amide bonds. The minimum atomic E-state index is -0.364. The Balaban J connectivity index is 2.24. The molecule has 0 aromatic heterocycles. The van der Waals surface area contributed by atoms with Gasteiger partial charge in [-0.2, -0.15) is 0 Å². The monoisotopic (exact) mass is 168 g/mol. The van der Waals surface area contributed by atoms with Crippen LogP contribution in [0.25, 0.3) is 0 Å². The third-order valence-electron chi connectivity index (χ3n) is 3.30. The van der Waals surface area contributed by atoms with Crippen molar-refractivity contribution in [1.29, 1.82) is 0 Å². The lowest BCUT2D eigenvalue weighted by Crippen LogP contribution is -2.36. The highest BCUT2D eigenvalue weighted by Crippen LogP contribution is 2.60. The van der Waals surface area contributed by atoms with Crippen molar-refractivity contribution in [3.05, 3.63) is 0 Å². The summed E-state index contributed by atoms with van der Waals surface area (Å²) < 4.78 is 4.63. The maximum atomic E-state index is 11.4. The predicted octanol–water partition coefficient (Wildman–Crippen LogP) is 1.12. The van der Waals surface area contributed by atoms with Crippen LogP contribution in [0.5, 0.6) is 0 Å². The van der Waals surface area contributed by atoms with E-state index in [1.165, 1.54) is 0 Å². The summed E-state index contributed by atoms with van der Waals surface area (Å²) >= 11 is 0. The molecule has 12 heavy (non-hydrogen) atoms. The van der Waals surface area contributed by atoms with Gasteiger partial charge in [-0.25, -0.2) is 0 Å². The second kappa shape index (κ2) is 2.09. The van der Waals surface area contributed by atoms with Crippen LogP contribution >= 0.6 is 0 Å². The molecule has 0 aromatic rings. The zero-order valence-corrected chi connectivity index (χ0v) is 7.29. The molecule has 1 saturated heterocycles. The second-order valence-electron chi connectivity index (χ2n) is 4.01. The highest BCUT2D eigenvalue weighted by molar-refractivity contribution is 5.94. The first-order valence-corrected chi connectivity index (χ1v) is 4.32. The maximum absolute atomic E-state index is 11.4. The Kier molecular flexibility index (Phi) is 1.35. The maximum Gasteiger partial charge on any atom is 0.320 e. The lowest BCUT2D eigenvalue weighted by atomic mass is 9.84. The summed E-state index contributed by atoms with van der Waals surface area (Å²) in [6, 6.07) is 0. The van der Waals surface area contributed by atoms with Gasteiger partial charge in [0, 0.05) is 6.42 Å². The summed E-state index contributed by atoms with van der Waals surface area (Å²) in [6.45, 7) is 4.00. The van der Waals surface area contributed by atoms with Crippen LogP contribution < -0.4 is 0 Å². The Hall–Kier alpha value is -0.860. The third kappa shape index (κ3) is 0.765. The van der Waals surface area contributed by atoms with E-state index in [1.807, 2.05) is 13.8 Å². The topological polar surface area (TPSA) is 43.4 Å². The molecule has 2 fully saturated rings. The van der Waals surface area contributed by atoms with E-state index in [1.54, 1.807) is 0 Å². The van der Waals surface area contributed by atoms with Crippen molar-refractivity contribution < 1.29 is 14.3 Å². The quantitative estimate of drug-likeness (QED) is 0.402. The fourth-order valence-electron chi connectivity index (χ4n) is 2.29. The van der Waals surface area contributed by atoms with Gasteiger partial charge in [-0.1, -0.05) is 13.8 Å². The number of carbonyl (C=O) groups excluding carboxylic acids is 2. The first-order valence-electron chi connectivity index (χ1n) is 4.32. The van der Waals surface area contributed by atoms with Gasteiger partial charge in [0.1, 0.15) is 0 Å². The van der Waals surface area contributed by atoms with Gasteiger partial charge in [0.05, 0.1) is 5.41 Å². The number of hydrogen-bond acceptors (Lipinski definition) is 3. The Labute approximate surface area is 71.1 Å². The molecule has 1 aliphatic carbocycles. The SMILES string of the molecule is CC1CC(=O)OC(=O)C12CC2C. The third-order valence-corrected chi connectivity index (χ3v) is 3.30. The predicted molar refractivity (Wildman–Crippen MR) is 41.1 cm³/mol. The minimum absolute atomic E-state index is 0.168. The summed E-state index contributed by atoms with van der Waals surface area (Å²) in [5, 5.41) is 0. The molecular formula is C9H12O3. The molecule has 3 atom stereocenters. The molecule has 2 aliphatic rings. The number of hydrogen-bond donors (Lipinski definition) is 0. The molecule has 0 aromatic carbocycles. The van der Waals surface area contributed by atoms with Crippen LogP contribution in [0.3, 0.4) is 0 Å². The molecule has 1 heterocycles. The first kappa shape index (κ1) is 7.77. The molecule has 1 aliphatic heterocycles. The Morgan fingerprint density at radius 2 is 1.92 bits per heavy atom. The summed E-state index contributed by atoms with van der Waals surface area (Å²) in [7, 11) is 0. The number of carbonyl (C=O) groups is 2. The van der Waals surface area contributed by atoms with Crippen molar-refractivity contribution >= 4 is 11.9 Å². The highest BCUT2D eigenvalue weighted by atomic mass is 16.6.